The number of pyridine rings is 1. The number of fused-ring (bicyclic) bond motifs is 1. The molecule has 0 radical (unpaired) electrons. The van der Waals surface area contributed by atoms with Crippen LogP contribution in [0.5, 0.6) is 0 Å². The van der Waals surface area contributed by atoms with Crippen LogP contribution < -0.4 is 19.9 Å². The molecule has 2 atom stereocenters. The van der Waals surface area contributed by atoms with Crippen LogP contribution in [0.2, 0.25) is 0 Å². The molecule has 2 aromatic heterocycles. The predicted octanol–water partition coefficient (Wildman–Crippen LogP) is 3.83. The molecule has 2 amide bonds. The van der Waals surface area contributed by atoms with Gasteiger partial charge in [-0.25, -0.2) is 4.57 Å². The smallest absolute Gasteiger partial charge is 0.416 e. The number of carbonyl (C=O) groups is 3. The van der Waals surface area contributed by atoms with Crippen molar-refractivity contribution in [3.8, 4) is 0 Å². The van der Waals surface area contributed by atoms with Gasteiger partial charge in [0.05, 0.1) is 33.5 Å². The van der Waals surface area contributed by atoms with Crippen molar-refractivity contribution in [2.24, 2.45) is 0 Å². The van der Waals surface area contributed by atoms with Gasteiger partial charge in [-0.2, -0.15) is 13.2 Å². The van der Waals surface area contributed by atoms with E-state index >= 15 is 0 Å². The Morgan fingerprint density at radius 2 is 1.73 bits per heavy atom. The minimum absolute atomic E-state index is 0.0751. The van der Waals surface area contributed by atoms with Crippen molar-refractivity contribution in [1.82, 2.24) is 10.2 Å². The molecule has 19 heteroatoms. The van der Waals surface area contributed by atoms with E-state index in [2.05, 4.69) is 5.32 Å². The fourth-order valence-electron chi connectivity index (χ4n) is 5.50. The van der Waals surface area contributed by atoms with Gasteiger partial charge in [0, 0.05) is 53.6 Å². The van der Waals surface area contributed by atoms with Gasteiger partial charge in [-0.1, -0.05) is 25.5 Å². The number of nitrogens with zero attached hydrogens (tertiary/aromatic N) is 5. The summed E-state index contributed by atoms with van der Waals surface area (Å²) in [6.45, 7) is 4.33. The third-order valence-corrected chi connectivity index (χ3v) is 10.1. The van der Waals surface area contributed by atoms with Crippen LogP contribution in [-0.4, -0.2) is 62.8 Å². The fourth-order valence-corrected chi connectivity index (χ4v) is 7.54. The average Bonchev–Trinajstić information content (AvgIpc) is 3.60. The number of nitro groups is 2. The number of benzene rings is 1. The van der Waals surface area contributed by atoms with Gasteiger partial charge in [-0.15, -0.1) is 23.1 Å². The van der Waals surface area contributed by atoms with E-state index in [1.807, 2.05) is 59.6 Å². The fraction of sp³-hybridized carbons (Fsp3) is 0.375. The van der Waals surface area contributed by atoms with Crippen molar-refractivity contribution >= 4 is 57.9 Å². The number of thioether (sulfide) groups is 1. The molecule has 0 spiro atoms. The topological polar surface area (TPSA) is 183 Å². The molecular formula is C32H33F3N6O8S2. The molecule has 4 heterocycles. The molecule has 0 unspecified atom stereocenters. The van der Waals surface area contributed by atoms with Crippen LogP contribution in [0.15, 0.2) is 71.5 Å². The number of nitro benzene ring substituents is 2. The maximum absolute atomic E-state index is 12.8. The molecule has 0 saturated carbocycles. The zero-order valence-corrected chi connectivity index (χ0v) is 29.0. The number of β-lactam (4-membered cyclic amide) rings is 1. The molecule has 0 aliphatic carbocycles. The van der Waals surface area contributed by atoms with Crippen LogP contribution in [0.25, 0.3) is 0 Å². The van der Waals surface area contributed by atoms with Gasteiger partial charge in [0.2, 0.25) is 5.91 Å². The SMILES string of the molecule is CCCCN(CC)c1c([N+](=O)[O-])cc(C(F)(F)F)cc1[N+](=O)[O-].O=C(Cc1cccs1)N[C@@H]1C(=O)N2C(C(=O)[O-])=C(C[n+]3ccccc3)CS[C@H]12. The van der Waals surface area contributed by atoms with Crippen molar-refractivity contribution in [3.63, 3.8) is 0 Å². The number of alkyl halides is 3. The Hall–Kier alpha value is -5.04. The summed E-state index contributed by atoms with van der Waals surface area (Å²) in [6.07, 6.45) is 0.304. The van der Waals surface area contributed by atoms with E-state index in [1.165, 1.54) is 32.9 Å². The van der Waals surface area contributed by atoms with Gasteiger partial charge < -0.3 is 20.1 Å². The standard InChI is InChI=1S/C19H17N3O4S2.C13H16F3N3O4/c23-14(9-13-5-4-8-27-13)20-15-17(24)22-16(19(25)26)12(11-28-18(15)22)10-21-6-2-1-3-7-21;1-3-5-6-17(4-2)12-10(18(20)21)7-9(13(14,15)16)8-11(12)19(22)23/h1-8,15,18H,9-11H2,(H-,20,23,25,26);7-8H,3-6H2,1-2H3/t15-,18-;/m1./s1. The van der Waals surface area contributed by atoms with Gasteiger partial charge in [0.1, 0.15) is 11.4 Å². The summed E-state index contributed by atoms with van der Waals surface area (Å²) in [5.41, 5.74) is -3.08. The Morgan fingerprint density at radius 1 is 1.08 bits per heavy atom. The molecule has 2 aliphatic heterocycles. The van der Waals surface area contributed by atoms with Crippen LogP contribution in [0.4, 0.5) is 30.2 Å². The Kier molecular flexibility index (Phi) is 12.8. The molecule has 1 N–H and O–H groups in total. The van der Waals surface area contributed by atoms with E-state index in [0.29, 0.717) is 36.4 Å². The van der Waals surface area contributed by atoms with Gasteiger partial charge in [-0.05, 0) is 24.8 Å². The number of carboxylic acid groups (broad SMARTS) is 1. The van der Waals surface area contributed by atoms with E-state index in [0.717, 1.165) is 11.3 Å². The highest BCUT2D eigenvalue weighted by Crippen LogP contribution is 2.43. The number of carboxylic acids is 1. The van der Waals surface area contributed by atoms with E-state index < -0.39 is 56.3 Å². The monoisotopic (exact) mass is 750 g/mol. The number of aliphatic carboxylic acids is 1. The summed E-state index contributed by atoms with van der Waals surface area (Å²) in [5.74, 6) is -1.57. The number of halogens is 3. The van der Waals surface area contributed by atoms with Crippen LogP contribution in [0.1, 0.15) is 37.1 Å². The second kappa shape index (κ2) is 16.8. The van der Waals surface area contributed by atoms with Crippen molar-refractivity contribution < 1.29 is 47.1 Å². The highest BCUT2D eigenvalue weighted by atomic mass is 32.2. The van der Waals surface area contributed by atoms with Crippen molar-refractivity contribution in [1.29, 1.82) is 0 Å². The summed E-state index contributed by atoms with van der Waals surface area (Å²) in [7, 11) is 0. The number of hydrogen-bond donors (Lipinski definition) is 1. The molecule has 1 saturated heterocycles. The maximum atomic E-state index is 12.8. The third kappa shape index (κ3) is 9.20. The Balaban J connectivity index is 0.000000234. The summed E-state index contributed by atoms with van der Waals surface area (Å²) in [5, 5.41) is 38.3. The second-order valence-electron chi connectivity index (χ2n) is 11.3. The summed E-state index contributed by atoms with van der Waals surface area (Å²) >= 11 is 2.93. The normalized spacial score (nSPS) is 16.7. The van der Waals surface area contributed by atoms with E-state index in [1.54, 1.807) is 6.92 Å². The lowest BCUT2D eigenvalue weighted by molar-refractivity contribution is -0.689. The first kappa shape index (κ1) is 38.8. The number of aromatic nitrogens is 1. The van der Waals surface area contributed by atoms with Crippen LogP contribution in [0.3, 0.4) is 0 Å². The Bertz CT molecular complexity index is 1770. The number of carbonyl (C=O) groups excluding carboxylic acids is 3. The Morgan fingerprint density at radius 3 is 2.24 bits per heavy atom. The first-order valence-electron chi connectivity index (χ1n) is 15.6. The molecule has 51 heavy (non-hydrogen) atoms. The quantitative estimate of drug-likeness (QED) is 0.117. The lowest BCUT2D eigenvalue weighted by Gasteiger charge is -2.50. The Labute approximate surface area is 297 Å². The summed E-state index contributed by atoms with van der Waals surface area (Å²) in [6, 6.07) is 9.28. The number of amides is 2. The highest BCUT2D eigenvalue weighted by molar-refractivity contribution is 8.00. The number of unbranched alkanes of at least 4 members (excludes halogenated alkanes) is 1. The molecule has 14 nitrogen and oxygen atoms in total. The minimum atomic E-state index is -4.91. The molecule has 2 aliphatic rings. The van der Waals surface area contributed by atoms with E-state index in [9.17, 15) is 52.9 Å². The molecule has 5 rings (SSSR count). The third-order valence-electron chi connectivity index (χ3n) is 7.89. The van der Waals surface area contributed by atoms with Crippen LogP contribution in [0, 0.1) is 20.2 Å². The van der Waals surface area contributed by atoms with Crippen molar-refractivity contribution in [2.75, 3.05) is 23.7 Å². The average molecular weight is 751 g/mol. The molecule has 1 fully saturated rings. The van der Waals surface area contributed by atoms with Gasteiger partial charge in [-0.3, -0.25) is 34.7 Å². The molecule has 272 valence electrons. The van der Waals surface area contributed by atoms with E-state index in [4.69, 9.17) is 0 Å². The zero-order valence-electron chi connectivity index (χ0n) is 27.3. The zero-order chi connectivity index (χ0) is 37.5. The predicted molar refractivity (Wildman–Crippen MR) is 179 cm³/mol. The van der Waals surface area contributed by atoms with E-state index in [-0.39, 0.29) is 36.8 Å². The molecule has 1 aromatic carbocycles. The van der Waals surface area contributed by atoms with Crippen molar-refractivity contribution in [2.45, 2.75) is 57.2 Å². The van der Waals surface area contributed by atoms with Gasteiger partial charge in [0.25, 0.3) is 17.3 Å². The van der Waals surface area contributed by atoms with Crippen LogP contribution >= 0.6 is 23.1 Å². The first-order chi connectivity index (χ1) is 24.2. The lowest BCUT2D eigenvalue weighted by atomic mass is 10.0. The molecule has 3 aromatic rings. The lowest BCUT2D eigenvalue weighted by Crippen LogP contribution is -2.71. The number of anilines is 1. The number of nitrogens with one attached hydrogen (secondary N) is 1. The number of thiophene rings is 1. The van der Waals surface area contributed by atoms with Crippen molar-refractivity contribution in [3.05, 3.63) is 102 Å². The summed E-state index contributed by atoms with van der Waals surface area (Å²) in [4.78, 5) is 60.4. The van der Waals surface area contributed by atoms with Gasteiger partial charge in [0.15, 0.2) is 24.6 Å². The molecule has 0 bridgehead atoms. The number of hydrogen-bond acceptors (Lipinski definition) is 11. The maximum Gasteiger partial charge on any atom is 0.416 e. The largest absolute Gasteiger partial charge is 0.543 e. The summed E-state index contributed by atoms with van der Waals surface area (Å²) < 4.78 is 40.4. The number of rotatable bonds is 13. The second-order valence-corrected chi connectivity index (χ2v) is 13.4. The highest BCUT2D eigenvalue weighted by Gasteiger charge is 2.53. The molecular weight excluding hydrogens is 718 g/mol. The first-order valence-corrected chi connectivity index (χ1v) is 17.5. The van der Waals surface area contributed by atoms with Crippen LogP contribution in [-0.2, 0) is 33.5 Å². The minimum Gasteiger partial charge on any atom is -0.543 e. The van der Waals surface area contributed by atoms with Gasteiger partial charge >= 0.3 is 6.18 Å².